The third kappa shape index (κ3) is 3.05. The number of hydrogen-bond acceptors (Lipinski definition) is 1. The quantitative estimate of drug-likeness (QED) is 0.650. The van der Waals surface area contributed by atoms with Crippen LogP contribution in [0.4, 0.5) is 4.39 Å². The summed E-state index contributed by atoms with van der Waals surface area (Å²) in [6, 6.07) is 7.50. The Labute approximate surface area is 83.5 Å². The zero-order chi connectivity index (χ0) is 10.4. The van der Waals surface area contributed by atoms with E-state index in [4.69, 9.17) is 4.74 Å². The SMILES string of the molecule is C=CCc1ccccc1OCC(=C)F. The van der Waals surface area contributed by atoms with Crippen LogP contribution in [-0.2, 0) is 6.42 Å². The topological polar surface area (TPSA) is 9.23 Å². The minimum Gasteiger partial charge on any atom is -0.486 e. The lowest BCUT2D eigenvalue weighted by Crippen LogP contribution is -1.99. The van der Waals surface area contributed by atoms with Gasteiger partial charge in [-0.3, -0.25) is 0 Å². The molecular weight excluding hydrogens is 179 g/mol. The maximum atomic E-state index is 12.4. The molecule has 0 atom stereocenters. The van der Waals surface area contributed by atoms with Crippen LogP contribution in [0.15, 0.2) is 49.3 Å². The van der Waals surface area contributed by atoms with Gasteiger partial charge in [-0.2, -0.15) is 0 Å². The number of ether oxygens (including phenoxy) is 1. The predicted octanol–water partition coefficient (Wildman–Crippen LogP) is 3.28. The van der Waals surface area contributed by atoms with Gasteiger partial charge in [-0.1, -0.05) is 30.9 Å². The van der Waals surface area contributed by atoms with Crippen molar-refractivity contribution in [2.75, 3.05) is 6.61 Å². The Hall–Kier alpha value is -1.57. The third-order valence-electron chi connectivity index (χ3n) is 1.72. The van der Waals surface area contributed by atoms with Gasteiger partial charge in [-0.25, -0.2) is 4.39 Å². The van der Waals surface area contributed by atoms with Crippen LogP contribution in [0, 0.1) is 0 Å². The van der Waals surface area contributed by atoms with Gasteiger partial charge < -0.3 is 4.74 Å². The first-order chi connectivity index (χ1) is 6.74. The van der Waals surface area contributed by atoms with Crippen molar-refractivity contribution in [3.63, 3.8) is 0 Å². The van der Waals surface area contributed by atoms with Gasteiger partial charge in [-0.15, -0.1) is 6.58 Å². The van der Waals surface area contributed by atoms with Crippen LogP contribution in [0.1, 0.15) is 5.56 Å². The monoisotopic (exact) mass is 192 g/mol. The first kappa shape index (κ1) is 10.5. The fraction of sp³-hybridized carbons (Fsp3) is 0.167. The van der Waals surface area contributed by atoms with E-state index in [1.54, 1.807) is 6.08 Å². The number of para-hydroxylation sites is 1. The van der Waals surface area contributed by atoms with E-state index >= 15 is 0 Å². The normalized spacial score (nSPS) is 9.50. The van der Waals surface area contributed by atoms with Gasteiger partial charge in [0.1, 0.15) is 18.2 Å². The summed E-state index contributed by atoms with van der Waals surface area (Å²) in [5.41, 5.74) is 1.00. The van der Waals surface area contributed by atoms with Crippen LogP contribution in [0.25, 0.3) is 0 Å². The summed E-state index contributed by atoms with van der Waals surface area (Å²) in [4.78, 5) is 0. The third-order valence-corrected chi connectivity index (χ3v) is 1.72. The second-order valence-corrected chi connectivity index (χ2v) is 2.91. The van der Waals surface area contributed by atoms with Crippen LogP contribution in [0.5, 0.6) is 5.75 Å². The van der Waals surface area contributed by atoms with E-state index < -0.39 is 5.83 Å². The Morgan fingerprint density at radius 1 is 1.43 bits per heavy atom. The molecule has 0 N–H and O–H groups in total. The lowest BCUT2D eigenvalue weighted by atomic mass is 10.1. The molecule has 1 nitrogen and oxygen atoms in total. The summed E-state index contributed by atoms with van der Waals surface area (Å²) >= 11 is 0. The Bertz CT molecular complexity index is 331. The van der Waals surface area contributed by atoms with E-state index in [0.717, 1.165) is 12.0 Å². The standard InChI is InChI=1S/C12H13FO/c1-3-6-11-7-4-5-8-12(11)14-9-10(2)13/h3-5,7-8H,1-2,6,9H2. The molecule has 74 valence electrons. The van der Waals surface area contributed by atoms with E-state index in [9.17, 15) is 4.39 Å². The maximum Gasteiger partial charge on any atom is 0.139 e. The van der Waals surface area contributed by atoms with Crippen molar-refractivity contribution in [3.05, 3.63) is 54.9 Å². The van der Waals surface area contributed by atoms with Crippen LogP contribution >= 0.6 is 0 Å². The van der Waals surface area contributed by atoms with E-state index in [0.29, 0.717) is 5.75 Å². The van der Waals surface area contributed by atoms with E-state index in [-0.39, 0.29) is 6.61 Å². The van der Waals surface area contributed by atoms with E-state index in [1.807, 2.05) is 24.3 Å². The summed E-state index contributed by atoms with van der Waals surface area (Å²) in [6.07, 6.45) is 2.50. The first-order valence-corrected chi connectivity index (χ1v) is 4.39. The number of allylic oxidation sites excluding steroid dienone is 1. The molecule has 1 aromatic rings. The highest BCUT2D eigenvalue weighted by Crippen LogP contribution is 2.19. The summed E-state index contributed by atoms with van der Waals surface area (Å²) in [5.74, 6) is 0.213. The second kappa shape index (κ2) is 5.22. The summed E-state index contributed by atoms with van der Waals surface area (Å²) in [7, 11) is 0. The van der Waals surface area contributed by atoms with Crippen molar-refractivity contribution in [2.45, 2.75) is 6.42 Å². The lowest BCUT2D eigenvalue weighted by Gasteiger charge is -2.08. The molecule has 1 rings (SSSR count). The molecular formula is C12H13FO. The number of halogens is 1. The first-order valence-electron chi connectivity index (χ1n) is 4.39. The number of hydrogen-bond donors (Lipinski definition) is 0. The van der Waals surface area contributed by atoms with E-state index in [1.165, 1.54) is 0 Å². The van der Waals surface area contributed by atoms with Gasteiger partial charge in [-0.05, 0) is 18.1 Å². The minimum absolute atomic E-state index is 0.0891. The summed E-state index contributed by atoms with van der Waals surface area (Å²) in [6.45, 7) is 6.69. The Kier molecular flexibility index (Phi) is 3.92. The number of rotatable bonds is 5. The van der Waals surface area contributed by atoms with Crippen molar-refractivity contribution in [1.29, 1.82) is 0 Å². The van der Waals surface area contributed by atoms with Gasteiger partial charge in [0.25, 0.3) is 0 Å². The van der Waals surface area contributed by atoms with Crippen LogP contribution in [0.3, 0.4) is 0 Å². The molecule has 0 aliphatic rings. The van der Waals surface area contributed by atoms with Crippen molar-refractivity contribution in [2.24, 2.45) is 0 Å². The van der Waals surface area contributed by atoms with Crippen molar-refractivity contribution in [3.8, 4) is 5.75 Å². The Morgan fingerprint density at radius 2 is 2.14 bits per heavy atom. The van der Waals surface area contributed by atoms with Gasteiger partial charge in [0.2, 0.25) is 0 Å². The highest BCUT2D eigenvalue weighted by Gasteiger charge is 2.01. The Morgan fingerprint density at radius 3 is 2.79 bits per heavy atom. The molecule has 0 amide bonds. The molecule has 0 aliphatic carbocycles. The zero-order valence-electron chi connectivity index (χ0n) is 8.00. The average molecular weight is 192 g/mol. The van der Waals surface area contributed by atoms with Gasteiger partial charge in [0.05, 0.1) is 0 Å². The van der Waals surface area contributed by atoms with Crippen molar-refractivity contribution < 1.29 is 9.13 Å². The molecule has 2 heteroatoms. The molecule has 0 fully saturated rings. The van der Waals surface area contributed by atoms with Crippen LogP contribution in [-0.4, -0.2) is 6.61 Å². The molecule has 14 heavy (non-hydrogen) atoms. The van der Waals surface area contributed by atoms with E-state index in [2.05, 4.69) is 13.2 Å². The lowest BCUT2D eigenvalue weighted by molar-refractivity contribution is 0.317. The molecule has 0 aliphatic heterocycles. The molecule has 0 saturated carbocycles. The summed E-state index contributed by atoms with van der Waals surface area (Å²) in [5, 5.41) is 0. The zero-order valence-corrected chi connectivity index (χ0v) is 8.00. The van der Waals surface area contributed by atoms with Crippen LogP contribution < -0.4 is 4.74 Å². The van der Waals surface area contributed by atoms with Crippen molar-refractivity contribution in [1.82, 2.24) is 0 Å². The molecule has 1 aromatic carbocycles. The average Bonchev–Trinajstić information content (AvgIpc) is 2.17. The van der Waals surface area contributed by atoms with Crippen molar-refractivity contribution >= 4 is 0 Å². The smallest absolute Gasteiger partial charge is 0.139 e. The predicted molar refractivity (Wildman–Crippen MR) is 56.1 cm³/mol. The molecule has 0 bridgehead atoms. The van der Waals surface area contributed by atoms with Gasteiger partial charge >= 0.3 is 0 Å². The van der Waals surface area contributed by atoms with Gasteiger partial charge in [0, 0.05) is 0 Å². The molecule has 0 aromatic heterocycles. The molecule has 0 heterocycles. The largest absolute Gasteiger partial charge is 0.486 e. The molecule has 0 unspecified atom stereocenters. The molecule has 0 radical (unpaired) electrons. The highest BCUT2D eigenvalue weighted by atomic mass is 19.1. The Balaban J connectivity index is 2.73. The fourth-order valence-corrected chi connectivity index (χ4v) is 1.12. The highest BCUT2D eigenvalue weighted by molar-refractivity contribution is 5.34. The summed E-state index contributed by atoms with van der Waals surface area (Å²) < 4.78 is 17.6. The maximum absolute atomic E-state index is 12.4. The van der Waals surface area contributed by atoms with Crippen LogP contribution in [0.2, 0.25) is 0 Å². The van der Waals surface area contributed by atoms with Gasteiger partial charge in [0.15, 0.2) is 0 Å². The minimum atomic E-state index is -0.474. The number of benzene rings is 1. The molecule has 0 spiro atoms. The fourth-order valence-electron chi connectivity index (χ4n) is 1.12. The molecule has 0 saturated heterocycles. The second-order valence-electron chi connectivity index (χ2n) is 2.91.